The Hall–Kier alpha value is -2.67. The maximum atomic E-state index is 8.94. The van der Waals surface area contributed by atoms with Gasteiger partial charge in [-0.25, -0.2) is 4.99 Å². The van der Waals surface area contributed by atoms with Crippen LogP contribution in [0.25, 0.3) is 11.1 Å². The summed E-state index contributed by atoms with van der Waals surface area (Å²) in [7, 11) is 0. The predicted molar refractivity (Wildman–Crippen MR) is 115 cm³/mol. The van der Waals surface area contributed by atoms with Crippen molar-refractivity contribution in [2.24, 2.45) is 9.98 Å². The number of hydrogen-bond acceptors (Lipinski definition) is 6. The zero-order valence-electron chi connectivity index (χ0n) is 15.3. The van der Waals surface area contributed by atoms with Crippen molar-refractivity contribution in [2.75, 3.05) is 25.1 Å². The number of amidine groups is 1. The fourth-order valence-electron chi connectivity index (χ4n) is 3.39. The van der Waals surface area contributed by atoms with Gasteiger partial charge in [-0.1, -0.05) is 54.1 Å². The molecule has 0 saturated carbocycles. The quantitative estimate of drug-likeness (QED) is 0.657. The lowest BCUT2D eigenvalue weighted by Gasteiger charge is -2.28. The summed E-state index contributed by atoms with van der Waals surface area (Å²) in [6.45, 7) is 1.28. The summed E-state index contributed by atoms with van der Waals surface area (Å²) in [5.41, 5.74) is 2.85. The predicted octanol–water partition coefficient (Wildman–Crippen LogP) is 2.97. The number of benzene rings is 2. The van der Waals surface area contributed by atoms with Crippen molar-refractivity contribution in [3.05, 3.63) is 65.8 Å². The Morgan fingerprint density at radius 1 is 1.11 bits per heavy atom. The number of halogens is 1. The van der Waals surface area contributed by atoms with Gasteiger partial charge in [0.2, 0.25) is 0 Å². The smallest absolute Gasteiger partial charge is 0.133 e. The molecular weight excluding hydrogens is 374 g/mol. The molecule has 0 bridgehead atoms. The lowest BCUT2D eigenvalue weighted by atomic mass is 10.0. The Kier molecular flexibility index (Phi) is 5.71. The maximum absolute atomic E-state index is 8.94. The van der Waals surface area contributed by atoms with Crippen LogP contribution >= 0.6 is 11.6 Å². The van der Waals surface area contributed by atoms with Crippen LogP contribution in [-0.4, -0.2) is 54.1 Å². The molecule has 0 fully saturated rings. The van der Waals surface area contributed by atoms with E-state index in [-0.39, 0.29) is 18.7 Å². The van der Waals surface area contributed by atoms with Crippen LogP contribution in [0.2, 0.25) is 5.02 Å². The van der Waals surface area contributed by atoms with Gasteiger partial charge in [0.25, 0.3) is 0 Å². The van der Waals surface area contributed by atoms with Gasteiger partial charge in [0.1, 0.15) is 11.9 Å². The fourth-order valence-corrected chi connectivity index (χ4v) is 3.67. The Balaban J connectivity index is 1.52. The van der Waals surface area contributed by atoms with Crippen molar-refractivity contribution in [1.82, 2.24) is 10.2 Å². The number of aliphatic imine (C=N–C) groups is 2. The molecule has 2 atom stereocenters. The zero-order chi connectivity index (χ0) is 19.3. The highest BCUT2D eigenvalue weighted by Crippen LogP contribution is 2.34. The molecule has 6 nitrogen and oxygen atoms in total. The first-order chi connectivity index (χ1) is 13.8. The minimum atomic E-state index is -0.114. The second kappa shape index (κ2) is 8.56. The molecule has 0 amide bonds. The Morgan fingerprint density at radius 2 is 1.96 bits per heavy atom. The van der Waals surface area contributed by atoms with Crippen molar-refractivity contribution < 1.29 is 5.11 Å². The molecule has 2 unspecified atom stereocenters. The zero-order valence-corrected chi connectivity index (χ0v) is 16.0. The van der Waals surface area contributed by atoms with Gasteiger partial charge in [-0.2, -0.15) is 0 Å². The van der Waals surface area contributed by atoms with Crippen LogP contribution in [0.4, 0.5) is 5.69 Å². The maximum Gasteiger partial charge on any atom is 0.133 e. The normalized spacial score (nSPS) is 20.2. The molecule has 144 valence electrons. The highest BCUT2D eigenvalue weighted by Gasteiger charge is 2.34. The Labute approximate surface area is 169 Å². The molecule has 3 N–H and O–H groups in total. The van der Waals surface area contributed by atoms with Gasteiger partial charge in [-0.3, -0.25) is 10.3 Å². The molecule has 2 aromatic carbocycles. The number of rotatable bonds is 6. The summed E-state index contributed by atoms with van der Waals surface area (Å²) >= 11 is 6.70. The van der Waals surface area contributed by atoms with Crippen molar-refractivity contribution in [3.8, 4) is 11.1 Å². The molecule has 0 radical (unpaired) electrons. The summed E-state index contributed by atoms with van der Waals surface area (Å²) in [5.74, 6) is 0.764. The third kappa shape index (κ3) is 3.80. The Morgan fingerprint density at radius 3 is 2.79 bits per heavy atom. The van der Waals surface area contributed by atoms with Gasteiger partial charge in [0, 0.05) is 18.3 Å². The molecule has 0 saturated heterocycles. The van der Waals surface area contributed by atoms with E-state index >= 15 is 0 Å². The van der Waals surface area contributed by atoms with Crippen molar-refractivity contribution >= 4 is 29.5 Å². The molecule has 0 aliphatic carbocycles. The van der Waals surface area contributed by atoms with Gasteiger partial charge in [-0.05, 0) is 17.7 Å². The largest absolute Gasteiger partial charge is 0.395 e. The number of aliphatic hydroxyl groups excluding tert-OH is 1. The average molecular weight is 396 g/mol. The molecular formula is C21H22ClN5O. The third-order valence-corrected chi connectivity index (χ3v) is 5.20. The van der Waals surface area contributed by atoms with E-state index in [2.05, 4.69) is 25.5 Å². The van der Waals surface area contributed by atoms with E-state index in [9.17, 15) is 0 Å². The number of hydrogen-bond donors (Lipinski definition) is 3. The molecule has 2 aliphatic rings. The molecule has 2 aliphatic heterocycles. The van der Waals surface area contributed by atoms with Crippen LogP contribution in [0.1, 0.15) is 0 Å². The van der Waals surface area contributed by atoms with E-state index in [1.807, 2.05) is 60.9 Å². The molecule has 0 spiro atoms. The van der Waals surface area contributed by atoms with E-state index in [0.29, 0.717) is 18.2 Å². The second-order valence-corrected chi connectivity index (χ2v) is 6.99. The highest BCUT2D eigenvalue weighted by atomic mass is 35.5. The van der Waals surface area contributed by atoms with Crippen LogP contribution in [0.3, 0.4) is 0 Å². The van der Waals surface area contributed by atoms with Crippen molar-refractivity contribution in [2.45, 2.75) is 12.1 Å². The van der Waals surface area contributed by atoms with Crippen molar-refractivity contribution in [1.29, 1.82) is 0 Å². The summed E-state index contributed by atoms with van der Waals surface area (Å²) < 4.78 is 0. The summed E-state index contributed by atoms with van der Waals surface area (Å²) in [6.07, 6.45) is 5.66. The summed E-state index contributed by atoms with van der Waals surface area (Å²) in [4.78, 5) is 11.2. The van der Waals surface area contributed by atoms with E-state index in [0.717, 1.165) is 22.6 Å². The van der Waals surface area contributed by atoms with Gasteiger partial charge < -0.3 is 15.3 Å². The van der Waals surface area contributed by atoms with Gasteiger partial charge in [0.15, 0.2) is 0 Å². The van der Waals surface area contributed by atoms with E-state index in [1.54, 1.807) is 6.20 Å². The van der Waals surface area contributed by atoms with E-state index in [1.165, 1.54) is 0 Å². The van der Waals surface area contributed by atoms with Gasteiger partial charge >= 0.3 is 0 Å². The number of nitrogens with one attached hydrogen (secondary N) is 2. The highest BCUT2D eigenvalue weighted by molar-refractivity contribution is 6.36. The van der Waals surface area contributed by atoms with Gasteiger partial charge in [-0.15, -0.1) is 0 Å². The van der Waals surface area contributed by atoms with Crippen LogP contribution in [0.5, 0.6) is 0 Å². The minimum Gasteiger partial charge on any atom is -0.395 e. The first-order valence-electron chi connectivity index (χ1n) is 9.24. The lowest BCUT2D eigenvalue weighted by molar-refractivity contribution is 0.273. The second-order valence-electron chi connectivity index (χ2n) is 6.61. The first-order valence-corrected chi connectivity index (χ1v) is 9.61. The fraction of sp³-hybridized carbons (Fsp3) is 0.238. The lowest BCUT2D eigenvalue weighted by Crippen LogP contribution is -2.46. The monoisotopic (exact) mass is 395 g/mol. The number of aliphatic hydroxyl groups is 1. The first kappa shape index (κ1) is 18.7. The van der Waals surface area contributed by atoms with E-state index in [4.69, 9.17) is 16.7 Å². The van der Waals surface area contributed by atoms with Crippen LogP contribution in [0, 0.1) is 0 Å². The molecule has 0 aromatic heterocycles. The molecule has 28 heavy (non-hydrogen) atoms. The van der Waals surface area contributed by atoms with E-state index < -0.39 is 0 Å². The summed E-state index contributed by atoms with van der Waals surface area (Å²) in [6, 6.07) is 16.0. The van der Waals surface area contributed by atoms with Gasteiger partial charge in [0.05, 0.1) is 36.4 Å². The Bertz CT molecular complexity index is 912. The van der Waals surface area contributed by atoms with Crippen molar-refractivity contribution in [3.63, 3.8) is 0 Å². The standard InChI is InChI=1S/C21H22ClN5O/c22-19-16(15-5-2-1-3-6-15)7-4-8-17(19)26-21-20-18(9-10-24-21)27(14-25-20)13-23-11-12-28/h1-10,14,18,20,23,28H,11-13H2,(H,24,26). The SMILES string of the molecule is OCCNCN1C=NC2C(Nc3cccc(-c4ccccc4)c3Cl)=NC=CC21. The summed E-state index contributed by atoms with van der Waals surface area (Å²) in [5, 5.41) is 16.2. The van der Waals surface area contributed by atoms with Crippen LogP contribution in [-0.2, 0) is 0 Å². The molecule has 2 heterocycles. The number of nitrogens with zero attached hydrogens (tertiary/aromatic N) is 3. The number of fused-ring (bicyclic) bond motifs is 1. The molecule has 7 heteroatoms. The topological polar surface area (TPSA) is 72.2 Å². The molecule has 4 rings (SSSR count). The molecule has 2 aromatic rings. The minimum absolute atomic E-state index is 0.0854. The average Bonchev–Trinajstić information content (AvgIpc) is 3.15. The van der Waals surface area contributed by atoms with Crippen LogP contribution in [0.15, 0.2) is 70.8 Å². The third-order valence-electron chi connectivity index (χ3n) is 4.79. The number of anilines is 1. The van der Waals surface area contributed by atoms with Crippen LogP contribution < -0.4 is 10.6 Å².